The molecule has 112 valence electrons. The van der Waals surface area contributed by atoms with Gasteiger partial charge in [-0.15, -0.1) is 0 Å². The fraction of sp³-hybridized carbons (Fsp3) is 0.529. The van der Waals surface area contributed by atoms with Crippen molar-refractivity contribution in [3.63, 3.8) is 0 Å². The van der Waals surface area contributed by atoms with Gasteiger partial charge in [-0.3, -0.25) is 4.79 Å². The highest BCUT2D eigenvalue weighted by Crippen LogP contribution is 2.37. The highest BCUT2D eigenvalue weighted by atomic mass is 16.3. The van der Waals surface area contributed by atoms with E-state index in [1.165, 1.54) is 0 Å². The molecule has 2 rings (SSSR count). The van der Waals surface area contributed by atoms with E-state index in [0.29, 0.717) is 6.54 Å². The lowest BCUT2D eigenvalue weighted by molar-refractivity contribution is -0.131. The highest BCUT2D eigenvalue weighted by Gasteiger charge is 2.48. The number of carbonyl (C=O) groups excluding carboxylic acids is 1. The van der Waals surface area contributed by atoms with Crippen LogP contribution < -0.4 is 0 Å². The minimum Gasteiger partial charge on any atom is -0.389 e. The molecule has 3 atom stereocenters. The van der Waals surface area contributed by atoms with E-state index in [9.17, 15) is 9.90 Å². The largest absolute Gasteiger partial charge is 0.389 e. The van der Waals surface area contributed by atoms with Crippen LogP contribution in [0.5, 0.6) is 0 Å². The second-order valence-electron chi connectivity index (χ2n) is 6.80. The van der Waals surface area contributed by atoms with Gasteiger partial charge in [0.1, 0.15) is 6.10 Å². The van der Waals surface area contributed by atoms with Gasteiger partial charge in [0, 0.05) is 6.54 Å². The van der Waals surface area contributed by atoms with Gasteiger partial charge in [0.15, 0.2) is 5.92 Å². The van der Waals surface area contributed by atoms with Crippen LogP contribution >= 0.6 is 0 Å². The molecular formula is C17H22N2O2. The molecule has 0 bridgehead atoms. The fourth-order valence-corrected chi connectivity index (χ4v) is 2.69. The summed E-state index contributed by atoms with van der Waals surface area (Å²) in [7, 11) is 0. The highest BCUT2D eigenvalue weighted by molar-refractivity contribution is 5.85. The van der Waals surface area contributed by atoms with Gasteiger partial charge in [-0.1, -0.05) is 51.1 Å². The van der Waals surface area contributed by atoms with Gasteiger partial charge in [-0.2, -0.15) is 5.26 Å². The summed E-state index contributed by atoms with van der Waals surface area (Å²) in [6.07, 6.45) is -0.141. The second kappa shape index (κ2) is 5.87. The average molecular weight is 286 g/mol. The Morgan fingerprint density at radius 2 is 1.90 bits per heavy atom. The molecule has 1 aromatic carbocycles. The minimum absolute atomic E-state index is 0.0944. The van der Waals surface area contributed by atoms with Gasteiger partial charge in [0.05, 0.1) is 12.1 Å². The monoisotopic (exact) mass is 286 g/mol. The van der Waals surface area contributed by atoms with E-state index in [0.717, 1.165) is 12.0 Å². The molecule has 4 heteroatoms. The van der Waals surface area contributed by atoms with Crippen molar-refractivity contribution in [1.82, 2.24) is 4.90 Å². The Hall–Kier alpha value is -1.86. The zero-order chi connectivity index (χ0) is 15.6. The molecule has 1 N–H and O–H groups in total. The molecule has 1 aliphatic rings. The lowest BCUT2D eigenvalue weighted by atomic mass is 9.91. The van der Waals surface area contributed by atoms with Crippen LogP contribution in [-0.4, -0.2) is 28.6 Å². The number of nitriles is 1. The smallest absolute Gasteiger partial charge is 0.243 e. The zero-order valence-electron chi connectivity index (χ0n) is 12.8. The first kappa shape index (κ1) is 15.5. The molecule has 1 saturated heterocycles. The Labute approximate surface area is 126 Å². The van der Waals surface area contributed by atoms with E-state index >= 15 is 0 Å². The van der Waals surface area contributed by atoms with Crippen LogP contribution in [0.1, 0.15) is 38.8 Å². The molecular weight excluding hydrogens is 264 g/mol. The first-order valence-corrected chi connectivity index (χ1v) is 7.28. The number of nitrogens with zero attached hydrogens (tertiary/aromatic N) is 2. The SMILES string of the molecule is CC(C)(C)CCN1C(=O)C(C#N)C(O)C1c1ccccc1. The zero-order valence-corrected chi connectivity index (χ0v) is 12.8. The van der Waals surface area contributed by atoms with E-state index < -0.39 is 18.1 Å². The summed E-state index contributed by atoms with van der Waals surface area (Å²) in [4.78, 5) is 14.1. The van der Waals surface area contributed by atoms with Crippen LogP contribution in [0.2, 0.25) is 0 Å². The number of carbonyl (C=O) groups is 1. The third-order valence-corrected chi connectivity index (χ3v) is 3.93. The molecule has 1 aromatic rings. The standard InChI is InChI=1S/C17H22N2O2/c1-17(2,3)9-10-19-14(12-7-5-4-6-8-12)15(20)13(11-18)16(19)21/h4-8,13-15,20H,9-10H2,1-3H3. The van der Waals surface area contributed by atoms with Crippen molar-refractivity contribution in [2.24, 2.45) is 11.3 Å². The van der Waals surface area contributed by atoms with Gasteiger partial charge in [-0.05, 0) is 17.4 Å². The Morgan fingerprint density at radius 1 is 1.29 bits per heavy atom. The number of rotatable bonds is 3. The number of hydrogen-bond donors (Lipinski definition) is 1. The molecule has 0 aromatic heterocycles. The van der Waals surface area contributed by atoms with E-state index in [1.807, 2.05) is 36.4 Å². The van der Waals surface area contributed by atoms with Crippen LogP contribution in [-0.2, 0) is 4.79 Å². The Morgan fingerprint density at radius 3 is 2.43 bits per heavy atom. The van der Waals surface area contributed by atoms with Crippen molar-refractivity contribution in [2.45, 2.75) is 39.3 Å². The molecule has 1 heterocycles. The van der Waals surface area contributed by atoms with E-state index in [1.54, 1.807) is 4.90 Å². The summed E-state index contributed by atoms with van der Waals surface area (Å²) in [6, 6.07) is 11.0. The second-order valence-corrected chi connectivity index (χ2v) is 6.80. The van der Waals surface area contributed by atoms with Crippen molar-refractivity contribution in [3.8, 4) is 6.07 Å². The number of benzene rings is 1. The molecule has 0 spiro atoms. The number of aliphatic hydroxyl groups is 1. The van der Waals surface area contributed by atoms with Crippen LogP contribution in [0.15, 0.2) is 30.3 Å². The summed E-state index contributed by atoms with van der Waals surface area (Å²) in [6.45, 7) is 6.90. The molecule has 1 amide bonds. The number of aliphatic hydroxyl groups excluding tert-OH is 1. The van der Waals surface area contributed by atoms with E-state index in [4.69, 9.17) is 5.26 Å². The predicted octanol–water partition coefficient (Wildman–Crippen LogP) is 2.51. The first-order valence-electron chi connectivity index (χ1n) is 7.28. The summed E-state index contributed by atoms with van der Waals surface area (Å²) in [5, 5.41) is 19.5. The summed E-state index contributed by atoms with van der Waals surface area (Å²) < 4.78 is 0. The first-order chi connectivity index (χ1) is 9.85. The molecule has 0 aliphatic carbocycles. The minimum atomic E-state index is -0.968. The van der Waals surface area contributed by atoms with Crippen molar-refractivity contribution in [2.75, 3.05) is 6.54 Å². The summed E-state index contributed by atoms with van der Waals surface area (Å²) in [5.41, 5.74) is 0.974. The lowest BCUT2D eigenvalue weighted by Crippen LogP contribution is -2.33. The third-order valence-electron chi connectivity index (χ3n) is 3.93. The van der Waals surface area contributed by atoms with Crippen LogP contribution in [0, 0.1) is 22.7 Å². The number of hydrogen-bond acceptors (Lipinski definition) is 3. The van der Waals surface area contributed by atoms with Crippen molar-refractivity contribution >= 4 is 5.91 Å². The summed E-state index contributed by atoms with van der Waals surface area (Å²) >= 11 is 0. The maximum Gasteiger partial charge on any atom is 0.243 e. The van der Waals surface area contributed by atoms with Crippen molar-refractivity contribution in [3.05, 3.63) is 35.9 Å². The fourth-order valence-electron chi connectivity index (χ4n) is 2.69. The number of amides is 1. The molecule has 21 heavy (non-hydrogen) atoms. The number of likely N-dealkylation sites (tertiary alicyclic amines) is 1. The molecule has 1 aliphatic heterocycles. The Balaban J connectivity index is 2.30. The predicted molar refractivity (Wildman–Crippen MR) is 80.1 cm³/mol. The Kier molecular flexibility index (Phi) is 4.34. The molecule has 0 saturated carbocycles. The van der Waals surface area contributed by atoms with Gasteiger partial charge in [0.25, 0.3) is 0 Å². The van der Waals surface area contributed by atoms with Gasteiger partial charge in [-0.25, -0.2) is 0 Å². The van der Waals surface area contributed by atoms with Gasteiger partial charge in [0.2, 0.25) is 5.91 Å². The van der Waals surface area contributed by atoms with Crippen LogP contribution in [0.3, 0.4) is 0 Å². The maximum atomic E-state index is 12.4. The quantitative estimate of drug-likeness (QED) is 0.928. The van der Waals surface area contributed by atoms with Crippen molar-refractivity contribution < 1.29 is 9.90 Å². The molecule has 0 radical (unpaired) electrons. The van der Waals surface area contributed by atoms with Crippen molar-refractivity contribution in [1.29, 1.82) is 5.26 Å². The maximum absolute atomic E-state index is 12.4. The average Bonchev–Trinajstić information content (AvgIpc) is 2.67. The van der Waals surface area contributed by atoms with Crippen LogP contribution in [0.25, 0.3) is 0 Å². The van der Waals surface area contributed by atoms with Crippen LogP contribution in [0.4, 0.5) is 0 Å². The normalized spacial score (nSPS) is 26.0. The third kappa shape index (κ3) is 3.25. The molecule has 3 unspecified atom stereocenters. The van der Waals surface area contributed by atoms with Gasteiger partial charge < -0.3 is 10.0 Å². The Bertz CT molecular complexity index is 542. The molecule has 1 fully saturated rings. The molecule has 4 nitrogen and oxygen atoms in total. The van der Waals surface area contributed by atoms with Gasteiger partial charge >= 0.3 is 0 Å². The summed E-state index contributed by atoms with van der Waals surface area (Å²) in [5.74, 6) is -1.22. The van der Waals surface area contributed by atoms with E-state index in [-0.39, 0.29) is 11.3 Å². The topological polar surface area (TPSA) is 64.3 Å². The lowest BCUT2D eigenvalue weighted by Gasteiger charge is -2.29. The van der Waals surface area contributed by atoms with E-state index in [2.05, 4.69) is 20.8 Å².